The average molecular weight is 195 g/mol. The first kappa shape index (κ1) is 10.9. The van der Waals surface area contributed by atoms with Gasteiger partial charge in [-0.3, -0.25) is 0 Å². The maximum atomic E-state index is 9.40. The Morgan fingerprint density at radius 3 is 2.86 bits per heavy atom. The van der Waals surface area contributed by atoms with Gasteiger partial charge in [-0.15, -0.1) is 0 Å². The maximum Gasteiger partial charge on any atom is 0.125 e. The molecule has 78 valence electrons. The molecule has 3 N–H and O–H groups in total. The minimum absolute atomic E-state index is 0.279. The number of phenols is 1. The van der Waals surface area contributed by atoms with Gasteiger partial charge < -0.3 is 15.6 Å². The topological polar surface area (TPSA) is 55.5 Å². The highest BCUT2D eigenvalue weighted by Gasteiger charge is 2.02. The standard InChI is InChI=1S/C11H17NO2/c1-9-10(13)5-4-6-11(9)14-8-3-2-7-12/h4-6,13H,2-3,7-8,12H2,1H3. The van der Waals surface area contributed by atoms with E-state index in [1.165, 1.54) is 0 Å². The quantitative estimate of drug-likeness (QED) is 0.704. The Morgan fingerprint density at radius 2 is 2.14 bits per heavy atom. The van der Waals surface area contributed by atoms with E-state index in [1.54, 1.807) is 12.1 Å². The molecule has 0 aromatic heterocycles. The fourth-order valence-corrected chi connectivity index (χ4v) is 1.19. The van der Waals surface area contributed by atoms with Crippen LogP contribution in [0.5, 0.6) is 11.5 Å². The molecular weight excluding hydrogens is 178 g/mol. The molecule has 0 amide bonds. The summed E-state index contributed by atoms with van der Waals surface area (Å²) in [6.45, 7) is 3.19. The summed E-state index contributed by atoms with van der Waals surface area (Å²) >= 11 is 0. The summed E-state index contributed by atoms with van der Waals surface area (Å²) in [6, 6.07) is 5.29. The first-order valence-electron chi connectivity index (χ1n) is 4.87. The zero-order valence-corrected chi connectivity index (χ0v) is 8.49. The summed E-state index contributed by atoms with van der Waals surface area (Å²) in [5.41, 5.74) is 6.16. The third-order valence-corrected chi connectivity index (χ3v) is 2.11. The highest BCUT2D eigenvalue weighted by molar-refractivity contribution is 5.42. The molecule has 1 rings (SSSR count). The Kier molecular flexibility index (Phi) is 4.26. The molecule has 0 heterocycles. The lowest BCUT2D eigenvalue weighted by Gasteiger charge is -2.09. The molecule has 0 radical (unpaired) electrons. The summed E-state index contributed by atoms with van der Waals surface area (Å²) < 4.78 is 5.50. The molecular formula is C11H17NO2. The molecule has 0 aliphatic heterocycles. The highest BCUT2D eigenvalue weighted by atomic mass is 16.5. The summed E-state index contributed by atoms with van der Waals surface area (Å²) in [6.07, 6.45) is 1.92. The molecule has 0 saturated heterocycles. The van der Waals surface area contributed by atoms with Crippen LogP contribution in [0.3, 0.4) is 0 Å². The molecule has 0 aliphatic carbocycles. The van der Waals surface area contributed by atoms with Gasteiger partial charge in [-0.05, 0) is 38.4 Å². The molecule has 0 atom stereocenters. The van der Waals surface area contributed by atoms with E-state index in [4.69, 9.17) is 10.5 Å². The van der Waals surface area contributed by atoms with Crippen LogP contribution in [-0.4, -0.2) is 18.3 Å². The number of rotatable bonds is 5. The van der Waals surface area contributed by atoms with Gasteiger partial charge in [-0.2, -0.15) is 0 Å². The zero-order valence-electron chi connectivity index (χ0n) is 8.49. The lowest BCUT2D eigenvalue weighted by atomic mass is 10.2. The second-order valence-electron chi connectivity index (χ2n) is 3.24. The van der Waals surface area contributed by atoms with Crippen molar-refractivity contribution in [2.45, 2.75) is 19.8 Å². The second kappa shape index (κ2) is 5.50. The van der Waals surface area contributed by atoms with Gasteiger partial charge in [0.1, 0.15) is 11.5 Å². The van der Waals surface area contributed by atoms with Crippen molar-refractivity contribution in [3.05, 3.63) is 23.8 Å². The van der Waals surface area contributed by atoms with Gasteiger partial charge in [-0.25, -0.2) is 0 Å². The van der Waals surface area contributed by atoms with Crippen LogP contribution in [0.4, 0.5) is 0 Å². The number of unbranched alkanes of at least 4 members (excludes halogenated alkanes) is 1. The van der Waals surface area contributed by atoms with Crippen LogP contribution in [0.2, 0.25) is 0 Å². The lowest BCUT2D eigenvalue weighted by Crippen LogP contribution is -2.03. The summed E-state index contributed by atoms with van der Waals surface area (Å²) in [5, 5.41) is 9.40. The van der Waals surface area contributed by atoms with Crippen molar-refractivity contribution >= 4 is 0 Å². The highest BCUT2D eigenvalue weighted by Crippen LogP contribution is 2.25. The minimum atomic E-state index is 0.279. The lowest BCUT2D eigenvalue weighted by molar-refractivity contribution is 0.303. The Morgan fingerprint density at radius 1 is 1.36 bits per heavy atom. The van der Waals surface area contributed by atoms with Crippen molar-refractivity contribution in [2.75, 3.05) is 13.2 Å². The van der Waals surface area contributed by atoms with Crippen LogP contribution in [0.15, 0.2) is 18.2 Å². The monoisotopic (exact) mass is 195 g/mol. The number of benzene rings is 1. The summed E-state index contributed by atoms with van der Waals surface area (Å²) in [5.74, 6) is 1.03. The first-order chi connectivity index (χ1) is 6.75. The maximum absolute atomic E-state index is 9.40. The van der Waals surface area contributed by atoms with Gasteiger partial charge >= 0.3 is 0 Å². The largest absolute Gasteiger partial charge is 0.508 e. The van der Waals surface area contributed by atoms with Crippen LogP contribution >= 0.6 is 0 Å². The normalized spacial score (nSPS) is 10.1. The molecule has 0 aliphatic rings. The molecule has 0 bridgehead atoms. The van der Waals surface area contributed by atoms with Crippen LogP contribution in [0.1, 0.15) is 18.4 Å². The Bertz CT molecular complexity index is 287. The molecule has 0 fully saturated rings. The first-order valence-corrected chi connectivity index (χ1v) is 4.87. The molecule has 0 unspecified atom stereocenters. The van der Waals surface area contributed by atoms with Gasteiger partial charge in [0.2, 0.25) is 0 Å². The second-order valence-corrected chi connectivity index (χ2v) is 3.24. The van der Waals surface area contributed by atoms with E-state index < -0.39 is 0 Å². The molecule has 0 spiro atoms. The number of nitrogens with two attached hydrogens (primary N) is 1. The van der Waals surface area contributed by atoms with Crippen molar-refractivity contribution < 1.29 is 9.84 Å². The van der Waals surface area contributed by atoms with E-state index in [0.29, 0.717) is 13.2 Å². The van der Waals surface area contributed by atoms with E-state index in [0.717, 1.165) is 24.2 Å². The van der Waals surface area contributed by atoms with E-state index in [-0.39, 0.29) is 5.75 Å². The number of phenolic OH excluding ortho intramolecular Hbond substituents is 1. The van der Waals surface area contributed by atoms with Crippen molar-refractivity contribution in [3.8, 4) is 11.5 Å². The Hall–Kier alpha value is -1.22. The molecule has 1 aromatic rings. The van der Waals surface area contributed by atoms with E-state index in [1.807, 2.05) is 13.0 Å². The predicted octanol–water partition coefficient (Wildman–Crippen LogP) is 1.82. The average Bonchev–Trinajstić information content (AvgIpc) is 2.19. The fraction of sp³-hybridized carbons (Fsp3) is 0.455. The molecule has 3 heteroatoms. The van der Waals surface area contributed by atoms with Crippen LogP contribution < -0.4 is 10.5 Å². The van der Waals surface area contributed by atoms with Gasteiger partial charge in [0, 0.05) is 5.56 Å². The summed E-state index contributed by atoms with van der Waals surface area (Å²) in [7, 11) is 0. The van der Waals surface area contributed by atoms with Crippen molar-refractivity contribution in [1.82, 2.24) is 0 Å². The third-order valence-electron chi connectivity index (χ3n) is 2.11. The third kappa shape index (κ3) is 2.92. The fourth-order valence-electron chi connectivity index (χ4n) is 1.19. The van der Waals surface area contributed by atoms with Gasteiger partial charge in [0.05, 0.1) is 6.61 Å². The van der Waals surface area contributed by atoms with Gasteiger partial charge in [-0.1, -0.05) is 6.07 Å². The number of ether oxygens (including phenoxy) is 1. The Balaban J connectivity index is 2.46. The van der Waals surface area contributed by atoms with E-state index in [9.17, 15) is 5.11 Å². The van der Waals surface area contributed by atoms with Crippen molar-refractivity contribution in [1.29, 1.82) is 0 Å². The van der Waals surface area contributed by atoms with Crippen molar-refractivity contribution in [2.24, 2.45) is 5.73 Å². The van der Waals surface area contributed by atoms with Crippen LogP contribution in [0.25, 0.3) is 0 Å². The van der Waals surface area contributed by atoms with Crippen LogP contribution in [0, 0.1) is 6.92 Å². The molecule has 0 saturated carbocycles. The number of hydrogen-bond donors (Lipinski definition) is 2. The van der Waals surface area contributed by atoms with Gasteiger partial charge in [0.25, 0.3) is 0 Å². The SMILES string of the molecule is Cc1c(O)cccc1OCCCCN. The summed E-state index contributed by atoms with van der Waals surface area (Å²) in [4.78, 5) is 0. The van der Waals surface area contributed by atoms with Crippen molar-refractivity contribution in [3.63, 3.8) is 0 Å². The number of hydrogen-bond acceptors (Lipinski definition) is 3. The molecule has 14 heavy (non-hydrogen) atoms. The van der Waals surface area contributed by atoms with E-state index in [2.05, 4.69) is 0 Å². The predicted molar refractivity (Wildman–Crippen MR) is 56.6 cm³/mol. The minimum Gasteiger partial charge on any atom is -0.508 e. The molecule has 1 aromatic carbocycles. The Labute approximate surface area is 84.5 Å². The van der Waals surface area contributed by atoms with Gasteiger partial charge in [0.15, 0.2) is 0 Å². The van der Waals surface area contributed by atoms with E-state index >= 15 is 0 Å². The smallest absolute Gasteiger partial charge is 0.125 e. The van der Waals surface area contributed by atoms with Crippen LogP contribution in [-0.2, 0) is 0 Å². The number of aromatic hydroxyl groups is 1. The molecule has 3 nitrogen and oxygen atoms in total. The zero-order chi connectivity index (χ0) is 10.4.